The average Bonchev–Trinajstić information content (AvgIpc) is 2.79. The predicted octanol–water partition coefficient (Wildman–Crippen LogP) is 3.15. The van der Waals surface area contributed by atoms with E-state index in [1.807, 2.05) is 5.38 Å². The lowest BCUT2D eigenvalue weighted by molar-refractivity contribution is 0.622. The van der Waals surface area contributed by atoms with Crippen molar-refractivity contribution >= 4 is 11.3 Å². The number of nitrogens with zero attached hydrogens (tertiary/aromatic N) is 3. The fourth-order valence-electron chi connectivity index (χ4n) is 1.29. The Bertz CT molecular complexity index is 583. The molecule has 0 aliphatic rings. The Balaban J connectivity index is 2.41. The van der Waals surface area contributed by atoms with Crippen LogP contribution in [0.1, 0.15) is 18.9 Å². The number of pyridine rings is 1. The third-order valence-electron chi connectivity index (χ3n) is 2.32. The van der Waals surface area contributed by atoms with Gasteiger partial charge in [0.1, 0.15) is 16.2 Å². The minimum Gasteiger partial charge on any atom is -0.261 e. The van der Waals surface area contributed by atoms with Crippen LogP contribution in [0.25, 0.3) is 11.3 Å². The van der Waals surface area contributed by atoms with Gasteiger partial charge in [0.15, 0.2) is 0 Å². The van der Waals surface area contributed by atoms with E-state index in [1.165, 1.54) is 17.4 Å². The van der Waals surface area contributed by atoms with Crippen LogP contribution < -0.4 is 0 Å². The summed E-state index contributed by atoms with van der Waals surface area (Å²) in [4.78, 5) is 8.13. The summed E-state index contributed by atoms with van der Waals surface area (Å²) in [7, 11) is 0. The van der Waals surface area contributed by atoms with Gasteiger partial charge in [0.05, 0.1) is 18.0 Å². The molecule has 2 aromatic rings. The smallest absolute Gasteiger partial charge is 0.142 e. The first-order valence-corrected chi connectivity index (χ1v) is 5.89. The maximum absolute atomic E-state index is 13.0. The molecule has 0 aliphatic carbocycles. The predicted molar refractivity (Wildman–Crippen MR) is 63.9 cm³/mol. The highest BCUT2D eigenvalue weighted by Gasteiger charge is 2.24. The molecule has 0 radical (unpaired) electrons. The van der Waals surface area contributed by atoms with Gasteiger partial charge in [0, 0.05) is 17.1 Å². The molecule has 0 amide bonds. The Morgan fingerprint density at radius 3 is 2.82 bits per heavy atom. The van der Waals surface area contributed by atoms with E-state index in [0.717, 1.165) is 11.2 Å². The molecular weight excluding hydrogens is 237 g/mol. The summed E-state index contributed by atoms with van der Waals surface area (Å²) in [6.07, 6.45) is 2.71. The molecule has 0 spiro atoms. The Morgan fingerprint density at radius 2 is 2.18 bits per heavy atom. The number of rotatable bonds is 2. The summed E-state index contributed by atoms with van der Waals surface area (Å²) in [5, 5.41) is 11.5. The van der Waals surface area contributed by atoms with Gasteiger partial charge in [0.25, 0.3) is 0 Å². The Morgan fingerprint density at radius 1 is 1.41 bits per heavy atom. The summed E-state index contributed by atoms with van der Waals surface area (Å²) in [5.74, 6) is -0.392. The van der Waals surface area contributed by atoms with Gasteiger partial charge in [-0.25, -0.2) is 9.37 Å². The van der Waals surface area contributed by atoms with Crippen molar-refractivity contribution in [1.29, 1.82) is 5.26 Å². The zero-order chi connectivity index (χ0) is 12.5. The molecule has 0 aromatic carbocycles. The third-order valence-corrected chi connectivity index (χ3v) is 3.48. The van der Waals surface area contributed by atoms with Gasteiger partial charge in [0.2, 0.25) is 0 Å². The zero-order valence-corrected chi connectivity index (χ0v) is 10.3. The van der Waals surface area contributed by atoms with Crippen molar-refractivity contribution in [3.05, 3.63) is 34.7 Å². The molecule has 0 aliphatic heterocycles. The highest BCUT2D eigenvalue weighted by atomic mass is 32.1. The monoisotopic (exact) mass is 247 g/mol. The van der Waals surface area contributed by atoms with Crippen LogP contribution in [-0.2, 0) is 5.41 Å². The molecule has 0 atom stereocenters. The van der Waals surface area contributed by atoms with E-state index in [4.69, 9.17) is 5.26 Å². The number of thiazole rings is 1. The van der Waals surface area contributed by atoms with Crippen LogP contribution in [-0.4, -0.2) is 9.97 Å². The van der Waals surface area contributed by atoms with Gasteiger partial charge in [-0.15, -0.1) is 11.3 Å². The normalized spacial score (nSPS) is 11.2. The van der Waals surface area contributed by atoms with E-state index in [-0.39, 0.29) is 0 Å². The van der Waals surface area contributed by atoms with Crippen LogP contribution in [0.15, 0.2) is 23.8 Å². The average molecular weight is 247 g/mol. The summed E-state index contributed by atoms with van der Waals surface area (Å²) >= 11 is 1.40. The number of nitriles is 1. The van der Waals surface area contributed by atoms with Crippen LogP contribution in [0, 0.1) is 17.1 Å². The topological polar surface area (TPSA) is 49.6 Å². The van der Waals surface area contributed by atoms with Crippen LogP contribution in [0.5, 0.6) is 0 Å². The lowest BCUT2D eigenvalue weighted by atomic mass is 9.97. The van der Waals surface area contributed by atoms with Gasteiger partial charge < -0.3 is 0 Å². The Labute approximate surface area is 103 Å². The molecule has 2 rings (SSSR count). The first kappa shape index (κ1) is 11.7. The molecule has 3 nitrogen and oxygen atoms in total. The molecule has 0 fully saturated rings. The van der Waals surface area contributed by atoms with Gasteiger partial charge in [-0.1, -0.05) is 0 Å². The van der Waals surface area contributed by atoms with Crippen LogP contribution in [0.2, 0.25) is 0 Å². The van der Waals surface area contributed by atoms with E-state index in [0.29, 0.717) is 11.3 Å². The standard InChI is InChI=1S/C12H10FN3S/c1-12(2,7-14)11-16-10(6-17-11)8-3-9(13)5-15-4-8/h3-6H,1-2H3. The van der Waals surface area contributed by atoms with Crippen molar-refractivity contribution < 1.29 is 4.39 Å². The minimum atomic E-state index is -0.621. The van der Waals surface area contributed by atoms with Gasteiger partial charge >= 0.3 is 0 Å². The zero-order valence-electron chi connectivity index (χ0n) is 9.44. The van der Waals surface area contributed by atoms with Gasteiger partial charge in [-0.05, 0) is 19.9 Å². The second-order valence-electron chi connectivity index (χ2n) is 4.17. The van der Waals surface area contributed by atoms with Crippen molar-refractivity contribution in [2.75, 3.05) is 0 Å². The van der Waals surface area contributed by atoms with E-state index in [1.54, 1.807) is 20.0 Å². The lowest BCUT2D eigenvalue weighted by Crippen LogP contribution is -2.13. The second-order valence-corrected chi connectivity index (χ2v) is 5.02. The maximum Gasteiger partial charge on any atom is 0.142 e. The van der Waals surface area contributed by atoms with E-state index >= 15 is 0 Å². The molecule has 5 heteroatoms. The number of aromatic nitrogens is 2. The Hall–Kier alpha value is -1.80. The number of hydrogen-bond donors (Lipinski definition) is 0. The third kappa shape index (κ3) is 2.32. The minimum absolute atomic E-state index is 0.392. The van der Waals surface area contributed by atoms with Crippen LogP contribution >= 0.6 is 11.3 Å². The fraction of sp³-hybridized carbons (Fsp3) is 0.250. The van der Waals surface area contributed by atoms with Crippen molar-refractivity contribution in [2.45, 2.75) is 19.3 Å². The highest BCUT2D eigenvalue weighted by Crippen LogP contribution is 2.29. The molecular formula is C12H10FN3S. The van der Waals surface area contributed by atoms with Crippen molar-refractivity contribution in [2.24, 2.45) is 0 Å². The van der Waals surface area contributed by atoms with E-state index in [2.05, 4.69) is 16.0 Å². The van der Waals surface area contributed by atoms with Crippen LogP contribution in [0.4, 0.5) is 4.39 Å². The second kappa shape index (κ2) is 4.22. The molecule has 0 N–H and O–H groups in total. The molecule has 2 heterocycles. The van der Waals surface area contributed by atoms with E-state index < -0.39 is 11.2 Å². The molecule has 2 aromatic heterocycles. The summed E-state index contributed by atoms with van der Waals surface area (Å²) in [5.41, 5.74) is 0.658. The van der Waals surface area contributed by atoms with Crippen molar-refractivity contribution in [1.82, 2.24) is 9.97 Å². The lowest BCUT2D eigenvalue weighted by Gasteiger charge is -2.09. The molecule has 0 unspecified atom stereocenters. The van der Waals surface area contributed by atoms with E-state index in [9.17, 15) is 4.39 Å². The molecule has 0 bridgehead atoms. The Kier molecular flexibility index (Phi) is 2.90. The first-order valence-electron chi connectivity index (χ1n) is 5.01. The quantitative estimate of drug-likeness (QED) is 0.819. The van der Waals surface area contributed by atoms with Gasteiger partial charge in [-0.2, -0.15) is 5.26 Å². The fourth-order valence-corrected chi connectivity index (χ4v) is 2.20. The number of hydrogen-bond acceptors (Lipinski definition) is 4. The SMILES string of the molecule is CC(C)(C#N)c1nc(-c2cncc(F)c2)cs1. The first-order chi connectivity index (χ1) is 8.03. The van der Waals surface area contributed by atoms with Gasteiger partial charge in [-0.3, -0.25) is 4.98 Å². The molecule has 0 saturated heterocycles. The molecule has 86 valence electrons. The molecule has 0 saturated carbocycles. The van der Waals surface area contributed by atoms with Crippen LogP contribution in [0.3, 0.4) is 0 Å². The maximum atomic E-state index is 13.0. The summed E-state index contributed by atoms with van der Waals surface area (Å²) < 4.78 is 13.0. The number of halogens is 1. The van der Waals surface area contributed by atoms with Crippen molar-refractivity contribution in [3.8, 4) is 17.3 Å². The molecule has 17 heavy (non-hydrogen) atoms. The van der Waals surface area contributed by atoms with Crippen molar-refractivity contribution in [3.63, 3.8) is 0 Å². The summed E-state index contributed by atoms with van der Waals surface area (Å²) in [6.45, 7) is 3.61. The summed E-state index contributed by atoms with van der Waals surface area (Å²) in [6, 6.07) is 3.57. The highest BCUT2D eigenvalue weighted by molar-refractivity contribution is 7.10. The largest absolute Gasteiger partial charge is 0.261 e.